The van der Waals surface area contributed by atoms with E-state index in [0.29, 0.717) is 29.3 Å². The lowest BCUT2D eigenvalue weighted by atomic mass is 10.00. The Kier molecular flexibility index (Phi) is 5.64. The summed E-state index contributed by atoms with van der Waals surface area (Å²) in [6.45, 7) is 0.542. The summed E-state index contributed by atoms with van der Waals surface area (Å²) in [4.78, 5) is 0. The fraction of sp³-hybridized carbons (Fsp3) is 0.333. The summed E-state index contributed by atoms with van der Waals surface area (Å²) in [6, 6.07) is 7.42. The molecule has 30 heavy (non-hydrogen) atoms. The molecule has 2 aromatic heterocycles. The summed E-state index contributed by atoms with van der Waals surface area (Å²) >= 11 is 6.86. The van der Waals surface area contributed by atoms with Crippen molar-refractivity contribution in [1.29, 1.82) is 0 Å². The normalized spacial score (nSPS) is 18.6. The maximum absolute atomic E-state index is 12.8. The summed E-state index contributed by atoms with van der Waals surface area (Å²) in [6.07, 6.45) is -3.16. The number of sulfonamides is 1. The number of halogens is 4. The maximum Gasteiger partial charge on any atom is 0.416 e. The van der Waals surface area contributed by atoms with E-state index in [4.69, 9.17) is 16.0 Å². The Morgan fingerprint density at radius 1 is 1.13 bits per heavy atom. The highest BCUT2D eigenvalue weighted by molar-refractivity contribution is 7.91. The second-order valence-corrected chi connectivity index (χ2v) is 10.7. The van der Waals surface area contributed by atoms with E-state index in [-0.39, 0.29) is 28.5 Å². The van der Waals surface area contributed by atoms with Crippen LogP contribution in [0.4, 0.5) is 13.2 Å². The second-order valence-electron chi connectivity index (χ2n) is 6.78. The van der Waals surface area contributed by atoms with Gasteiger partial charge in [0.05, 0.1) is 15.8 Å². The van der Waals surface area contributed by atoms with Gasteiger partial charge in [0.2, 0.25) is 11.8 Å². The van der Waals surface area contributed by atoms with E-state index >= 15 is 0 Å². The molecule has 1 saturated heterocycles. The lowest BCUT2D eigenvalue weighted by Crippen LogP contribution is -2.38. The van der Waals surface area contributed by atoms with Crippen LogP contribution < -0.4 is 0 Å². The Labute approximate surface area is 179 Å². The van der Waals surface area contributed by atoms with Crippen molar-refractivity contribution in [2.75, 3.05) is 13.1 Å². The molecule has 12 heteroatoms. The molecule has 0 bridgehead atoms. The molecular weight excluding hydrogens is 463 g/mol. The molecule has 0 N–H and O–H groups in total. The molecule has 0 amide bonds. The van der Waals surface area contributed by atoms with Gasteiger partial charge in [0, 0.05) is 18.7 Å². The van der Waals surface area contributed by atoms with Crippen molar-refractivity contribution in [3.8, 4) is 11.5 Å². The SMILES string of the molecule is O=S(=O)(c1ccc(Cl)s1)N1CCCC(c2nnc(-c3ccc(C(F)(F)F)cc3)o2)C1. The largest absolute Gasteiger partial charge is 0.420 e. The van der Waals surface area contributed by atoms with Gasteiger partial charge in [-0.1, -0.05) is 11.6 Å². The van der Waals surface area contributed by atoms with Crippen LogP contribution in [0.5, 0.6) is 0 Å². The first-order valence-electron chi connectivity index (χ1n) is 8.91. The van der Waals surface area contributed by atoms with Crippen LogP contribution in [0.1, 0.15) is 30.2 Å². The minimum atomic E-state index is -4.43. The standard InChI is InChI=1S/C18H15ClF3N3O3S2/c19-14-7-8-15(29-14)30(26,27)25-9-1-2-12(10-25)17-24-23-16(28-17)11-3-5-13(6-4-11)18(20,21)22/h3-8,12H,1-2,9-10H2. The van der Waals surface area contributed by atoms with Crippen LogP contribution in [-0.2, 0) is 16.2 Å². The first-order valence-corrected chi connectivity index (χ1v) is 11.5. The zero-order valence-corrected chi connectivity index (χ0v) is 17.7. The van der Waals surface area contributed by atoms with E-state index in [2.05, 4.69) is 10.2 Å². The first kappa shape index (κ1) is 21.3. The molecule has 160 valence electrons. The highest BCUT2D eigenvalue weighted by Gasteiger charge is 2.34. The van der Waals surface area contributed by atoms with Crippen molar-refractivity contribution >= 4 is 33.0 Å². The van der Waals surface area contributed by atoms with Crippen molar-refractivity contribution in [3.63, 3.8) is 0 Å². The predicted octanol–water partition coefficient (Wildman–Crippen LogP) is 5.04. The lowest BCUT2D eigenvalue weighted by Gasteiger charge is -2.29. The number of benzene rings is 1. The minimum Gasteiger partial charge on any atom is -0.420 e. The van der Waals surface area contributed by atoms with Crippen LogP contribution in [-0.4, -0.2) is 36.0 Å². The van der Waals surface area contributed by atoms with E-state index < -0.39 is 21.8 Å². The zero-order chi connectivity index (χ0) is 21.5. The molecule has 0 radical (unpaired) electrons. The van der Waals surface area contributed by atoms with Gasteiger partial charge in [-0.25, -0.2) is 8.42 Å². The van der Waals surface area contributed by atoms with Crippen molar-refractivity contribution in [2.24, 2.45) is 0 Å². The topological polar surface area (TPSA) is 76.3 Å². The van der Waals surface area contributed by atoms with E-state index in [1.807, 2.05) is 0 Å². The molecule has 0 spiro atoms. The number of aromatic nitrogens is 2. The summed E-state index contributed by atoms with van der Waals surface area (Å²) in [5, 5.41) is 7.92. The first-order chi connectivity index (χ1) is 14.1. The molecule has 0 saturated carbocycles. The van der Waals surface area contributed by atoms with Crippen LogP contribution >= 0.6 is 22.9 Å². The van der Waals surface area contributed by atoms with Crippen LogP contribution in [0, 0.1) is 0 Å². The molecule has 3 aromatic rings. The van der Waals surface area contributed by atoms with Gasteiger partial charge in [-0.2, -0.15) is 17.5 Å². The van der Waals surface area contributed by atoms with E-state index in [1.54, 1.807) is 0 Å². The van der Waals surface area contributed by atoms with E-state index in [9.17, 15) is 21.6 Å². The van der Waals surface area contributed by atoms with Gasteiger partial charge in [-0.05, 0) is 49.2 Å². The molecule has 3 heterocycles. The van der Waals surface area contributed by atoms with Crippen molar-refractivity contribution in [3.05, 3.63) is 52.2 Å². The average Bonchev–Trinajstić information content (AvgIpc) is 3.37. The quantitative estimate of drug-likeness (QED) is 0.526. The molecular formula is C18H15ClF3N3O3S2. The van der Waals surface area contributed by atoms with Gasteiger partial charge in [-0.3, -0.25) is 0 Å². The van der Waals surface area contributed by atoms with E-state index in [0.717, 1.165) is 23.5 Å². The van der Waals surface area contributed by atoms with Crippen LogP contribution in [0.25, 0.3) is 11.5 Å². The Balaban J connectivity index is 1.52. The third-order valence-corrected chi connectivity index (χ3v) is 8.34. The molecule has 4 rings (SSSR count). The third-order valence-electron chi connectivity index (χ3n) is 4.78. The highest BCUT2D eigenvalue weighted by Crippen LogP contribution is 2.35. The number of hydrogen-bond donors (Lipinski definition) is 0. The number of nitrogens with zero attached hydrogens (tertiary/aromatic N) is 3. The Hall–Kier alpha value is -1.95. The molecule has 1 unspecified atom stereocenters. The van der Waals surface area contributed by atoms with Gasteiger partial charge < -0.3 is 4.42 Å². The van der Waals surface area contributed by atoms with Gasteiger partial charge in [0.1, 0.15) is 4.21 Å². The highest BCUT2D eigenvalue weighted by atomic mass is 35.5. The van der Waals surface area contributed by atoms with Crippen molar-refractivity contribution in [1.82, 2.24) is 14.5 Å². The maximum atomic E-state index is 12.8. The Morgan fingerprint density at radius 2 is 1.87 bits per heavy atom. The molecule has 1 atom stereocenters. The summed E-state index contributed by atoms with van der Waals surface area (Å²) in [5.74, 6) is 0.0393. The molecule has 1 aromatic carbocycles. The Bertz CT molecular complexity index is 1140. The lowest BCUT2D eigenvalue weighted by molar-refractivity contribution is -0.137. The number of piperidine rings is 1. The van der Waals surface area contributed by atoms with Gasteiger partial charge >= 0.3 is 6.18 Å². The molecule has 6 nitrogen and oxygen atoms in total. The summed E-state index contributed by atoms with van der Waals surface area (Å²) < 4.78 is 71.4. The molecule has 1 aliphatic rings. The van der Waals surface area contributed by atoms with Crippen LogP contribution in [0.2, 0.25) is 4.34 Å². The summed E-state index contributed by atoms with van der Waals surface area (Å²) in [7, 11) is -3.68. The number of hydrogen-bond acceptors (Lipinski definition) is 6. The zero-order valence-electron chi connectivity index (χ0n) is 15.3. The number of alkyl halides is 3. The Morgan fingerprint density at radius 3 is 2.50 bits per heavy atom. The van der Waals surface area contributed by atoms with Gasteiger partial charge in [0.15, 0.2) is 0 Å². The smallest absolute Gasteiger partial charge is 0.416 e. The van der Waals surface area contributed by atoms with Crippen LogP contribution in [0.3, 0.4) is 0 Å². The molecule has 0 aliphatic carbocycles. The molecule has 1 aliphatic heterocycles. The average molecular weight is 478 g/mol. The van der Waals surface area contributed by atoms with Crippen molar-refractivity contribution < 1.29 is 26.0 Å². The van der Waals surface area contributed by atoms with E-state index in [1.165, 1.54) is 28.6 Å². The number of thiophene rings is 1. The number of rotatable bonds is 4. The third kappa shape index (κ3) is 4.25. The predicted molar refractivity (Wildman–Crippen MR) is 105 cm³/mol. The summed E-state index contributed by atoms with van der Waals surface area (Å²) in [5.41, 5.74) is -0.414. The fourth-order valence-corrected chi connectivity index (χ4v) is 6.40. The second kappa shape index (κ2) is 7.95. The monoisotopic (exact) mass is 477 g/mol. The van der Waals surface area contributed by atoms with Gasteiger partial charge in [0.25, 0.3) is 10.0 Å². The fourth-order valence-electron chi connectivity index (χ4n) is 3.24. The minimum absolute atomic E-state index is 0.0868. The molecule has 1 fully saturated rings. The van der Waals surface area contributed by atoms with Gasteiger partial charge in [-0.15, -0.1) is 21.5 Å². The van der Waals surface area contributed by atoms with Crippen molar-refractivity contribution in [2.45, 2.75) is 29.1 Å². The van der Waals surface area contributed by atoms with Crippen LogP contribution in [0.15, 0.2) is 45.0 Å².